The molecule has 1 N–H and O–H groups in total. The first-order chi connectivity index (χ1) is 11.5. The van der Waals surface area contributed by atoms with Gasteiger partial charge in [-0.1, -0.05) is 12.1 Å². The molecule has 1 unspecified atom stereocenters. The van der Waals surface area contributed by atoms with Crippen LogP contribution >= 0.6 is 0 Å². The van der Waals surface area contributed by atoms with Gasteiger partial charge < -0.3 is 4.57 Å². The van der Waals surface area contributed by atoms with Gasteiger partial charge in [0.05, 0.1) is 6.04 Å². The third-order valence-electron chi connectivity index (χ3n) is 4.50. The Morgan fingerprint density at radius 1 is 1.17 bits per heavy atom. The predicted octanol–water partition coefficient (Wildman–Crippen LogP) is 2.28. The maximum atomic E-state index is 13.8. The van der Waals surface area contributed by atoms with Gasteiger partial charge in [0.1, 0.15) is 10.7 Å². The van der Waals surface area contributed by atoms with E-state index in [1.54, 1.807) is 0 Å². The second-order valence-electron chi connectivity index (χ2n) is 6.09. The number of nitrogens with one attached hydrogen (secondary N) is 1. The molecule has 1 fully saturated rings. The fraction of sp³-hybridized carbons (Fsp3) is 0.412. The SMILES string of the molecule is Cn1cccc1C(CNS(=O)(=O)c1ccccc1F)N1CCCC1. The van der Waals surface area contributed by atoms with E-state index in [1.807, 2.05) is 29.9 Å². The number of rotatable bonds is 6. The standard InChI is InChI=1S/C17H22FN3O2S/c1-20-10-6-8-15(20)16(21-11-4-5-12-21)13-19-24(22,23)17-9-3-2-7-14(17)18/h2-3,6-10,16,19H,4-5,11-13H2,1H3. The van der Waals surface area contributed by atoms with Crippen molar-refractivity contribution in [2.24, 2.45) is 7.05 Å². The lowest BCUT2D eigenvalue weighted by atomic mass is 10.2. The summed E-state index contributed by atoms with van der Waals surface area (Å²) in [6, 6.07) is 9.32. The fourth-order valence-electron chi connectivity index (χ4n) is 3.22. The molecule has 1 aromatic heterocycles. The summed E-state index contributed by atoms with van der Waals surface area (Å²) in [6.45, 7) is 2.10. The van der Waals surface area contributed by atoms with E-state index < -0.39 is 15.8 Å². The molecule has 0 spiro atoms. The summed E-state index contributed by atoms with van der Waals surface area (Å²) in [4.78, 5) is 1.97. The van der Waals surface area contributed by atoms with Gasteiger partial charge in [0.25, 0.3) is 0 Å². The normalized spacial score (nSPS) is 17.2. The van der Waals surface area contributed by atoms with E-state index in [-0.39, 0.29) is 17.5 Å². The number of aryl methyl sites for hydroxylation is 1. The van der Waals surface area contributed by atoms with Crippen LogP contribution in [0, 0.1) is 5.82 Å². The highest BCUT2D eigenvalue weighted by Crippen LogP contribution is 2.25. The molecule has 0 radical (unpaired) electrons. The second-order valence-corrected chi connectivity index (χ2v) is 7.82. The third-order valence-corrected chi connectivity index (χ3v) is 5.96. The molecule has 0 saturated carbocycles. The van der Waals surface area contributed by atoms with Crippen molar-refractivity contribution >= 4 is 10.0 Å². The highest BCUT2D eigenvalue weighted by atomic mass is 32.2. The second kappa shape index (κ2) is 7.04. The number of hydrogen-bond acceptors (Lipinski definition) is 3. The Labute approximate surface area is 142 Å². The zero-order chi connectivity index (χ0) is 17.2. The lowest BCUT2D eigenvalue weighted by Crippen LogP contribution is -2.37. The first kappa shape index (κ1) is 17.1. The number of nitrogens with zero attached hydrogens (tertiary/aromatic N) is 2. The van der Waals surface area contributed by atoms with Crippen LogP contribution in [0.2, 0.25) is 0 Å². The molecule has 130 valence electrons. The van der Waals surface area contributed by atoms with E-state index in [0.29, 0.717) is 0 Å². The number of halogens is 1. The lowest BCUT2D eigenvalue weighted by Gasteiger charge is -2.28. The van der Waals surface area contributed by atoms with E-state index in [1.165, 1.54) is 18.2 Å². The topological polar surface area (TPSA) is 54.3 Å². The Kier molecular flexibility index (Phi) is 5.03. The molecular formula is C17H22FN3O2S. The highest BCUT2D eigenvalue weighted by molar-refractivity contribution is 7.89. The van der Waals surface area contributed by atoms with E-state index in [4.69, 9.17) is 0 Å². The Morgan fingerprint density at radius 2 is 1.88 bits per heavy atom. The summed E-state index contributed by atoms with van der Waals surface area (Å²) in [6.07, 6.45) is 4.17. The van der Waals surface area contributed by atoms with Gasteiger partial charge in [-0.25, -0.2) is 17.5 Å². The van der Waals surface area contributed by atoms with Gasteiger partial charge >= 0.3 is 0 Å². The van der Waals surface area contributed by atoms with Gasteiger partial charge in [-0.05, 0) is 50.2 Å². The molecule has 5 nitrogen and oxygen atoms in total. The number of likely N-dealkylation sites (tertiary alicyclic amines) is 1. The van der Waals surface area contributed by atoms with Crippen molar-refractivity contribution in [2.45, 2.75) is 23.8 Å². The largest absolute Gasteiger partial charge is 0.353 e. The van der Waals surface area contributed by atoms with Crippen LogP contribution in [-0.2, 0) is 17.1 Å². The Bertz CT molecular complexity index is 798. The molecule has 1 atom stereocenters. The quantitative estimate of drug-likeness (QED) is 0.869. The number of sulfonamides is 1. The monoisotopic (exact) mass is 351 g/mol. The minimum Gasteiger partial charge on any atom is -0.353 e. The van der Waals surface area contributed by atoms with Gasteiger partial charge in [0.2, 0.25) is 10.0 Å². The van der Waals surface area contributed by atoms with Gasteiger partial charge in [-0.3, -0.25) is 4.90 Å². The molecule has 2 aromatic rings. The molecule has 7 heteroatoms. The van der Waals surface area contributed by atoms with E-state index in [2.05, 4.69) is 9.62 Å². The van der Waals surface area contributed by atoms with Gasteiger partial charge in [-0.15, -0.1) is 0 Å². The van der Waals surface area contributed by atoms with Crippen LogP contribution in [0.15, 0.2) is 47.5 Å². The molecule has 1 aliphatic heterocycles. The zero-order valence-corrected chi connectivity index (χ0v) is 14.5. The predicted molar refractivity (Wildman–Crippen MR) is 90.5 cm³/mol. The smallest absolute Gasteiger partial charge is 0.243 e. The summed E-state index contributed by atoms with van der Waals surface area (Å²) in [7, 11) is -1.93. The van der Waals surface area contributed by atoms with Crippen molar-refractivity contribution in [3.8, 4) is 0 Å². The maximum absolute atomic E-state index is 13.8. The lowest BCUT2D eigenvalue weighted by molar-refractivity contribution is 0.238. The summed E-state index contributed by atoms with van der Waals surface area (Å²) < 4.78 is 43.3. The van der Waals surface area contributed by atoms with E-state index in [0.717, 1.165) is 37.7 Å². The molecule has 1 saturated heterocycles. The van der Waals surface area contributed by atoms with Crippen molar-refractivity contribution < 1.29 is 12.8 Å². The van der Waals surface area contributed by atoms with Crippen LogP contribution in [0.1, 0.15) is 24.6 Å². The first-order valence-corrected chi connectivity index (χ1v) is 9.57. The van der Waals surface area contributed by atoms with Gasteiger partial charge in [0, 0.05) is 25.5 Å². The molecular weight excluding hydrogens is 329 g/mol. The van der Waals surface area contributed by atoms with Crippen LogP contribution in [0.3, 0.4) is 0 Å². The van der Waals surface area contributed by atoms with Crippen LogP contribution in [-0.4, -0.2) is 37.5 Å². The van der Waals surface area contributed by atoms with Crippen molar-refractivity contribution in [2.75, 3.05) is 19.6 Å². The van der Waals surface area contributed by atoms with Crippen molar-refractivity contribution in [1.82, 2.24) is 14.2 Å². The Morgan fingerprint density at radius 3 is 2.50 bits per heavy atom. The fourth-order valence-corrected chi connectivity index (χ4v) is 4.34. The highest BCUT2D eigenvalue weighted by Gasteiger charge is 2.27. The number of hydrogen-bond donors (Lipinski definition) is 1. The van der Waals surface area contributed by atoms with Crippen LogP contribution in [0.5, 0.6) is 0 Å². The third kappa shape index (κ3) is 3.53. The minimum absolute atomic E-state index is 0.0611. The first-order valence-electron chi connectivity index (χ1n) is 8.08. The summed E-state index contributed by atoms with van der Waals surface area (Å²) >= 11 is 0. The van der Waals surface area contributed by atoms with Crippen molar-refractivity contribution in [3.05, 3.63) is 54.1 Å². The Hall–Kier alpha value is -1.70. The van der Waals surface area contributed by atoms with Crippen molar-refractivity contribution in [3.63, 3.8) is 0 Å². The molecule has 24 heavy (non-hydrogen) atoms. The van der Waals surface area contributed by atoms with Gasteiger partial charge in [0.15, 0.2) is 0 Å². The molecule has 0 bridgehead atoms. The molecule has 3 rings (SSSR count). The van der Waals surface area contributed by atoms with Crippen LogP contribution < -0.4 is 4.72 Å². The van der Waals surface area contributed by atoms with Crippen LogP contribution in [0.25, 0.3) is 0 Å². The van der Waals surface area contributed by atoms with E-state index in [9.17, 15) is 12.8 Å². The molecule has 1 aromatic carbocycles. The zero-order valence-electron chi connectivity index (χ0n) is 13.7. The maximum Gasteiger partial charge on any atom is 0.243 e. The van der Waals surface area contributed by atoms with Crippen LogP contribution in [0.4, 0.5) is 4.39 Å². The van der Waals surface area contributed by atoms with Gasteiger partial charge in [-0.2, -0.15) is 0 Å². The molecule has 2 heterocycles. The Balaban J connectivity index is 1.81. The molecule has 0 amide bonds. The van der Waals surface area contributed by atoms with Crippen molar-refractivity contribution in [1.29, 1.82) is 0 Å². The molecule has 1 aliphatic rings. The molecule has 0 aliphatic carbocycles. The average Bonchev–Trinajstić information content (AvgIpc) is 3.21. The number of aromatic nitrogens is 1. The minimum atomic E-state index is -3.88. The van der Waals surface area contributed by atoms with E-state index >= 15 is 0 Å². The average molecular weight is 351 g/mol. The summed E-state index contributed by atoms with van der Waals surface area (Å²) in [5, 5.41) is 0. The number of benzene rings is 1. The summed E-state index contributed by atoms with van der Waals surface area (Å²) in [5.41, 5.74) is 1.05. The summed E-state index contributed by atoms with van der Waals surface area (Å²) in [5.74, 6) is -0.735.